The molecule has 2 aliphatic heterocycles. The SMILES string of the molecule is O=C(CCc1ccsc1)N1CCC[C@@H]1c1cccc2c1OCCO2. The second-order valence-corrected chi connectivity index (χ2v) is 7.03. The minimum Gasteiger partial charge on any atom is -0.486 e. The highest BCUT2D eigenvalue weighted by molar-refractivity contribution is 7.07. The van der Waals surface area contributed by atoms with Crippen LogP contribution in [0, 0.1) is 0 Å². The highest BCUT2D eigenvalue weighted by Gasteiger charge is 2.33. The molecule has 2 aliphatic rings. The van der Waals surface area contributed by atoms with E-state index in [0.29, 0.717) is 19.6 Å². The normalized spacial score (nSPS) is 19.5. The number of hydrogen-bond donors (Lipinski definition) is 0. The lowest BCUT2D eigenvalue weighted by Gasteiger charge is -2.29. The molecule has 1 fully saturated rings. The van der Waals surface area contributed by atoms with Crippen LogP contribution in [-0.2, 0) is 11.2 Å². The van der Waals surface area contributed by atoms with Gasteiger partial charge in [-0.2, -0.15) is 11.3 Å². The summed E-state index contributed by atoms with van der Waals surface area (Å²) in [5.41, 5.74) is 2.34. The van der Waals surface area contributed by atoms with Gasteiger partial charge in [0.1, 0.15) is 13.2 Å². The Hall–Kier alpha value is -2.01. The van der Waals surface area contributed by atoms with Gasteiger partial charge in [0, 0.05) is 18.5 Å². The van der Waals surface area contributed by atoms with Crippen LogP contribution in [0.25, 0.3) is 0 Å². The lowest BCUT2D eigenvalue weighted by molar-refractivity contribution is -0.132. The largest absolute Gasteiger partial charge is 0.486 e. The summed E-state index contributed by atoms with van der Waals surface area (Å²) < 4.78 is 11.5. The maximum absolute atomic E-state index is 12.7. The van der Waals surface area contributed by atoms with E-state index in [1.807, 2.05) is 17.0 Å². The maximum atomic E-state index is 12.7. The number of carbonyl (C=O) groups excluding carboxylic acids is 1. The molecule has 126 valence electrons. The van der Waals surface area contributed by atoms with Gasteiger partial charge >= 0.3 is 0 Å². The van der Waals surface area contributed by atoms with E-state index in [4.69, 9.17) is 9.47 Å². The number of benzene rings is 1. The van der Waals surface area contributed by atoms with Crippen LogP contribution in [-0.4, -0.2) is 30.6 Å². The average Bonchev–Trinajstić information content (AvgIpc) is 3.31. The van der Waals surface area contributed by atoms with Gasteiger partial charge in [-0.1, -0.05) is 12.1 Å². The third-order valence-electron chi connectivity index (χ3n) is 4.74. The summed E-state index contributed by atoms with van der Waals surface area (Å²) in [6.07, 6.45) is 3.42. The van der Waals surface area contributed by atoms with Crippen LogP contribution in [0.3, 0.4) is 0 Å². The van der Waals surface area contributed by atoms with Crippen molar-refractivity contribution in [3.05, 3.63) is 46.2 Å². The first-order chi connectivity index (χ1) is 11.8. The van der Waals surface area contributed by atoms with Crippen LogP contribution in [0.5, 0.6) is 11.5 Å². The summed E-state index contributed by atoms with van der Waals surface area (Å²) in [6.45, 7) is 1.99. The van der Waals surface area contributed by atoms with Crippen LogP contribution in [0.2, 0.25) is 0 Å². The van der Waals surface area contributed by atoms with Gasteiger partial charge in [-0.15, -0.1) is 0 Å². The van der Waals surface area contributed by atoms with E-state index in [1.165, 1.54) is 5.56 Å². The molecule has 0 bridgehead atoms. The monoisotopic (exact) mass is 343 g/mol. The highest BCUT2D eigenvalue weighted by Crippen LogP contribution is 2.42. The molecule has 4 nitrogen and oxygen atoms in total. The fourth-order valence-corrected chi connectivity index (χ4v) is 4.28. The van der Waals surface area contributed by atoms with Crippen molar-refractivity contribution >= 4 is 17.2 Å². The summed E-state index contributed by atoms with van der Waals surface area (Å²) in [5.74, 6) is 1.86. The standard InChI is InChI=1S/C19H21NO3S/c21-18(7-6-14-8-12-24-13-14)20-9-2-4-16(20)15-3-1-5-17-19(15)23-11-10-22-17/h1,3,5,8,12-13,16H,2,4,6-7,9-11H2/t16-/m1/s1. The first-order valence-corrected chi connectivity index (χ1v) is 9.46. The molecule has 0 radical (unpaired) electrons. The van der Waals surface area contributed by atoms with Crippen LogP contribution < -0.4 is 9.47 Å². The molecule has 1 aromatic heterocycles. The molecule has 3 heterocycles. The highest BCUT2D eigenvalue weighted by atomic mass is 32.1. The fraction of sp³-hybridized carbons (Fsp3) is 0.421. The first kappa shape index (κ1) is 15.5. The number of carbonyl (C=O) groups is 1. The van der Waals surface area contributed by atoms with E-state index in [0.717, 1.165) is 42.9 Å². The Labute approximate surface area is 146 Å². The molecule has 0 unspecified atom stereocenters. The smallest absolute Gasteiger partial charge is 0.223 e. The van der Waals surface area contributed by atoms with E-state index < -0.39 is 0 Å². The molecule has 0 spiro atoms. The Kier molecular flexibility index (Phi) is 4.43. The van der Waals surface area contributed by atoms with Gasteiger partial charge in [-0.3, -0.25) is 4.79 Å². The van der Waals surface area contributed by atoms with Crippen molar-refractivity contribution in [3.63, 3.8) is 0 Å². The van der Waals surface area contributed by atoms with Gasteiger partial charge in [0.2, 0.25) is 5.91 Å². The van der Waals surface area contributed by atoms with Gasteiger partial charge in [-0.05, 0) is 47.7 Å². The predicted octanol–water partition coefficient (Wildman–Crippen LogP) is 3.82. The molecule has 0 aliphatic carbocycles. The second kappa shape index (κ2) is 6.85. The quantitative estimate of drug-likeness (QED) is 0.847. The maximum Gasteiger partial charge on any atom is 0.223 e. The van der Waals surface area contributed by atoms with E-state index in [9.17, 15) is 4.79 Å². The van der Waals surface area contributed by atoms with Crippen LogP contribution >= 0.6 is 11.3 Å². The zero-order chi connectivity index (χ0) is 16.4. The van der Waals surface area contributed by atoms with Crippen molar-refractivity contribution in [2.45, 2.75) is 31.7 Å². The number of para-hydroxylation sites is 1. The zero-order valence-corrected chi connectivity index (χ0v) is 14.4. The molecule has 24 heavy (non-hydrogen) atoms. The second-order valence-electron chi connectivity index (χ2n) is 6.25. The van der Waals surface area contributed by atoms with Gasteiger partial charge in [-0.25, -0.2) is 0 Å². The molecule has 1 saturated heterocycles. The average molecular weight is 343 g/mol. The number of amides is 1. The number of thiophene rings is 1. The van der Waals surface area contributed by atoms with E-state index in [2.05, 4.69) is 22.9 Å². The lowest BCUT2D eigenvalue weighted by atomic mass is 10.0. The third kappa shape index (κ3) is 3.00. The van der Waals surface area contributed by atoms with Crippen molar-refractivity contribution in [3.8, 4) is 11.5 Å². The molecule has 1 atom stereocenters. The molecule has 1 aromatic carbocycles. The van der Waals surface area contributed by atoms with E-state index in [-0.39, 0.29) is 11.9 Å². The first-order valence-electron chi connectivity index (χ1n) is 8.52. The van der Waals surface area contributed by atoms with Gasteiger partial charge in [0.25, 0.3) is 0 Å². The Morgan fingerprint density at radius 1 is 1.25 bits per heavy atom. The van der Waals surface area contributed by atoms with E-state index in [1.54, 1.807) is 11.3 Å². The van der Waals surface area contributed by atoms with Crippen LogP contribution in [0.4, 0.5) is 0 Å². The Morgan fingerprint density at radius 3 is 3.04 bits per heavy atom. The topological polar surface area (TPSA) is 38.8 Å². The van der Waals surface area contributed by atoms with Crippen molar-refractivity contribution in [2.24, 2.45) is 0 Å². The van der Waals surface area contributed by atoms with Crippen molar-refractivity contribution in [1.82, 2.24) is 4.90 Å². The van der Waals surface area contributed by atoms with Gasteiger partial charge < -0.3 is 14.4 Å². The molecule has 4 rings (SSSR count). The van der Waals surface area contributed by atoms with Crippen molar-refractivity contribution in [1.29, 1.82) is 0 Å². The predicted molar refractivity (Wildman–Crippen MR) is 93.8 cm³/mol. The van der Waals surface area contributed by atoms with Gasteiger partial charge in [0.05, 0.1) is 6.04 Å². The van der Waals surface area contributed by atoms with Crippen molar-refractivity contribution < 1.29 is 14.3 Å². The fourth-order valence-electron chi connectivity index (χ4n) is 3.58. The molecule has 5 heteroatoms. The minimum atomic E-state index is 0.108. The van der Waals surface area contributed by atoms with Crippen molar-refractivity contribution in [2.75, 3.05) is 19.8 Å². The Morgan fingerprint density at radius 2 is 2.17 bits per heavy atom. The number of aryl methyl sites for hydroxylation is 1. The number of hydrogen-bond acceptors (Lipinski definition) is 4. The summed E-state index contributed by atoms with van der Waals surface area (Å²) in [4.78, 5) is 14.8. The molecular weight excluding hydrogens is 322 g/mol. The lowest BCUT2D eigenvalue weighted by Crippen LogP contribution is -2.31. The molecule has 0 N–H and O–H groups in total. The molecule has 1 amide bonds. The number of ether oxygens (including phenoxy) is 2. The van der Waals surface area contributed by atoms with E-state index >= 15 is 0 Å². The Bertz CT molecular complexity index is 713. The van der Waals surface area contributed by atoms with Gasteiger partial charge in [0.15, 0.2) is 11.5 Å². The molecule has 0 saturated carbocycles. The molecular formula is C19H21NO3S. The molecule has 2 aromatic rings. The number of rotatable bonds is 4. The van der Waals surface area contributed by atoms with Crippen LogP contribution in [0.1, 0.15) is 36.4 Å². The number of likely N-dealkylation sites (tertiary alicyclic amines) is 1. The number of fused-ring (bicyclic) bond motifs is 1. The Balaban J connectivity index is 1.51. The summed E-state index contributed by atoms with van der Waals surface area (Å²) >= 11 is 1.68. The zero-order valence-electron chi connectivity index (χ0n) is 13.6. The number of nitrogens with zero attached hydrogens (tertiary/aromatic N) is 1. The van der Waals surface area contributed by atoms with Crippen LogP contribution in [0.15, 0.2) is 35.0 Å². The summed E-state index contributed by atoms with van der Waals surface area (Å²) in [6, 6.07) is 8.21. The minimum absolute atomic E-state index is 0.108. The summed E-state index contributed by atoms with van der Waals surface area (Å²) in [5, 5.41) is 4.18. The summed E-state index contributed by atoms with van der Waals surface area (Å²) in [7, 11) is 0. The third-order valence-corrected chi connectivity index (χ3v) is 5.47.